The van der Waals surface area contributed by atoms with E-state index in [9.17, 15) is 24.3 Å². The van der Waals surface area contributed by atoms with Gasteiger partial charge in [0, 0.05) is 5.38 Å². The van der Waals surface area contributed by atoms with Crippen molar-refractivity contribution in [2.75, 3.05) is 25.2 Å². The summed E-state index contributed by atoms with van der Waals surface area (Å²) in [6.07, 6.45) is 0. The van der Waals surface area contributed by atoms with Gasteiger partial charge in [-0.2, -0.15) is 0 Å². The lowest BCUT2D eigenvalue weighted by Gasteiger charge is -2.48. The largest absolute Gasteiger partial charge is 0.498 e. The van der Waals surface area contributed by atoms with E-state index in [0.29, 0.717) is 0 Å². The number of aliphatic carboxylic acids is 1. The number of thioether (sulfide) groups is 1. The van der Waals surface area contributed by atoms with Crippen LogP contribution in [-0.2, 0) is 33.5 Å². The minimum Gasteiger partial charge on any atom is -0.498 e. The van der Waals surface area contributed by atoms with E-state index in [0.717, 1.165) is 16.2 Å². The summed E-state index contributed by atoms with van der Waals surface area (Å²) in [6.45, 7) is 4.50. The summed E-state index contributed by atoms with van der Waals surface area (Å²) in [7, 11) is 1.32. The normalized spacial score (nSPS) is 20.3. The fourth-order valence-electron chi connectivity index (χ4n) is 3.08. The Kier molecular flexibility index (Phi) is 7.35. The monoisotopic (exact) mass is 513 g/mol. The Labute approximate surface area is 202 Å². The van der Waals surface area contributed by atoms with Crippen molar-refractivity contribution >= 4 is 57.7 Å². The second-order valence-corrected chi connectivity index (χ2v) is 10.0. The molecule has 0 spiro atoms. The number of fused-ring (bicyclic) bond motifs is 1. The molecular weight excluding hydrogens is 490 g/mol. The number of aromatic nitrogens is 1. The van der Waals surface area contributed by atoms with Crippen molar-refractivity contribution in [2.24, 2.45) is 5.16 Å². The first-order valence-corrected chi connectivity index (χ1v) is 11.7. The number of rotatable bonds is 8. The van der Waals surface area contributed by atoms with Crippen molar-refractivity contribution in [1.82, 2.24) is 15.2 Å². The standard InChI is InChI=1S/C19H23N5O8S2/c1-19(2,3)32-10(25)5-31-23-11(8-6-34-18(20)21-8)14(26)22-12-15(27)24-13(17(28)29)9(30-4)7-33-16(12)24/h6,12,16H,5,7H2,1-4H3,(H2,20,21)(H,22,26)(H,28,29)/t12?,16-/m1/s1. The lowest BCUT2D eigenvalue weighted by molar-refractivity contribution is -0.160. The van der Waals surface area contributed by atoms with Gasteiger partial charge in [0.2, 0.25) is 6.61 Å². The second-order valence-electron chi connectivity index (χ2n) is 8.01. The third kappa shape index (κ3) is 5.41. The zero-order chi connectivity index (χ0) is 25.2. The van der Waals surface area contributed by atoms with Crippen LogP contribution in [0.2, 0.25) is 0 Å². The van der Waals surface area contributed by atoms with Crippen molar-refractivity contribution in [3.8, 4) is 0 Å². The average Bonchev–Trinajstić information content (AvgIpc) is 3.18. The number of carbonyl (C=O) groups is 4. The molecule has 1 unspecified atom stereocenters. The van der Waals surface area contributed by atoms with E-state index in [-0.39, 0.29) is 33.7 Å². The van der Waals surface area contributed by atoms with E-state index in [4.69, 9.17) is 20.0 Å². The zero-order valence-corrected chi connectivity index (χ0v) is 20.3. The first-order valence-electron chi connectivity index (χ1n) is 9.82. The van der Waals surface area contributed by atoms with Gasteiger partial charge in [-0.25, -0.2) is 14.6 Å². The van der Waals surface area contributed by atoms with Gasteiger partial charge in [0.15, 0.2) is 16.5 Å². The van der Waals surface area contributed by atoms with Gasteiger partial charge in [0.25, 0.3) is 11.8 Å². The smallest absolute Gasteiger partial charge is 0.356 e. The van der Waals surface area contributed by atoms with Crippen LogP contribution in [0.4, 0.5) is 5.13 Å². The number of thiazole rings is 1. The van der Waals surface area contributed by atoms with Crippen molar-refractivity contribution in [2.45, 2.75) is 37.8 Å². The molecule has 0 aliphatic carbocycles. The Morgan fingerprint density at radius 2 is 2.09 bits per heavy atom. The average molecular weight is 514 g/mol. The van der Waals surface area contributed by atoms with Gasteiger partial charge >= 0.3 is 11.9 Å². The lowest BCUT2D eigenvalue weighted by Crippen LogP contribution is -2.71. The molecular formula is C19H23N5O8S2. The molecule has 0 aromatic carbocycles. The Morgan fingerprint density at radius 1 is 1.38 bits per heavy atom. The fourth-order valence-corrected chi connectivity index (χ4v) is 4.94. The fraction of sp³-hybridized carbons (Fsp3) is 0.474. The number of hydrogen-bond donors (Lipinski definition) is 3. The Morgan fingerprint density at radius 3 is 2.65 bits per heavy atom. The summed E-state index contributed by atoms with van der Waals surface area (Å²) in [6, 6.07) is -1.02. The molecule has 4 N–H and O–H groups in total. The number of carboxylic acids is 1. The molecule has 1 fully saturated rings. The van der Waals surface area contributed by atoms with Crippen LogP contribution >= 0.6 is 23.1 Å². The van der Waals surface area contributed by atoms with E-state index in [1.807, 2.05) is 0 Å². The minimum absolute atomic E-state index is 0.0805. The van der Waals surface area contributed by atoms with Crippen molar-refractivity contribution < 1.29 is 38.6 Å². The number of carbonyl (C=O) groups excluding carboxylic acids is 3. The summed E-state index contributed by atoms with van der Waals surface area (Å²) >= 11 is 2.29. The van der Waals surface area contributed by atoms with E-state index < -0.39 is 47.4 Å². The van der Waals surface area contributed by atoms with Gasteiger partial charge in [0.05, 0.1) is 12.9 Å². The Balaban J connectivity index is 1.74. The van der Waals surface area contributed by atoms with Gasteiger partial charge in [-0.15, -0.1) is 23.1 Å². The molecule has 1 aromatic heterocycles. The number of hydrogen-bond acceptors (Lipinski definition) is 12. The zero-order valence-electron chi connectivity index (χ0n) is 18.7. The summed E-state index contributed by atoms with van der Waals surface area (Å²) in [5, 5.41) is 16.7. The quantitative estimate of drug-likeness (QED) is 0.186. The van der Waals surface area contributed by atoms with E-state index >= 15 is 0 Å². The molecule has 2 atom stereocenters. The van der Waals surface area contributed by atoms with Gasteiger partial charge in [-0.05, 0) is 20.8 Å². The van der Waals surface area contributed by atoms with Crippen LogP contribution in [0.1, 0.15) is 26.5 Å². The summed E-state index contributed by atoms with van der Waals surface area (Å²) in [5.41, 5.74) is 4.43. The van der Waals surface area contributed by atoms with Crippen LogP contribution in [0.3, 0.4) is 0 Å². The third-order valence-electron chi connectivity index (χ3n) is 4.41. The molecule has 0 saturated carbocycles. The predicted octanol–water partition coefficient (Wildman–Crippen LogP) is 0.130. The lowest BCUT2D eigenvalue weighted by atomic mass is 10.0. The minimum atomic E-state index is -1.31. The number of methoxy groups -OCH3 is 1. The van der Waals surface area contributed by atoms with Crippen LogP contribution in [0, 0.1) is 0 Å². The molecule has 3 rings (SSSR count). The number of carboxylic acid groups (broad SMARTS) is 1. The van der Waals surface area contributed by atoms with Crippen LogP contribution in [0.25, 0.3) is 0 Å². The van der Waals surface area contributed by atoms with Crippen LogP contribution in [0.5, 0.6) is 0 Å². The Hall–Kier alpha value is -3.33. The number of esters is 1. The number of amides is 2. The molecule has 1 aromatic rings. The van der Waals surface area contributed by atoms with E-state index in [1.165, 1.54) is 24.3 Å². The highest BCUT2D eigenvalue weighted by Gasteiger charge is 2.55. The molecule has 3 heterocycles. The number of oxime groups is 1. The molecule has 0 bridgehead atoms. The Bertz CT molecular complexity index is 1080. The summed E-state index contributed by atoms with van der Waals surface area (Å²) < 4.78 is 10.2. The van der Waals surface area contributed by atoms with Crippen molar-refractivity contribution in [3.63, 3.8) is 0 Å². The molecule has 15 heteroatoms. The summed E-state index contributed by atoms with van der Waals surface area (Å²) in [4.78, 5) is 59.2. The van der Waals surface area contributed by atoms with E-state index in [1.54, 1.807) is 20.8 Å². The predicted molar refractivity (Wildman–Crippen MR) is 122 cm³/mol. The topological polar surface area (TPSA) is 183 Å². The van der Waals surface area contributed by atoms with Crippen molar-refractivity contribution in [3.05, 3.63) is 22.5 Å². The number of anilines is 1. The maximum atomic E-state index is 13.0. The highest BCUT2D eigenvalue weighted by molar-refractivity contribution is 8.00. The number of nitrogens with one attached hydrogen (secondary N) is 1. The molecule has 0 radical (unpaired) electrons. The number of nitrogens with two attached hydrogens (primary N) is 1. The molecule has 2 amide bonds. The first kappa shape index (κ1) is 25.3. The highest BCUT2D eigenvalue weighted by atomic mass is 32.2. The molecule has 34 heavy (non-hydrogen) atoms. The van der Waals surface area contributed by atoms with Crippen molar-refractivity contribution in [1.29, 1.82) is 0 Å². The van der Waals surface area contributed by atoms with E-state index in [2.05, 4.69) is 15.5 Å². The summed E-state index contributed by atoms with van der Waals surface area (Å²) in [5.74, 6) is -3.07. The van der Waals surface area contributed by atoms with Crippen LogP contribution in [-0.4, -0.2) is 80.9 Å². The van der Waals surface area contributed by atoms with Gasteiger partial charge in [-0.3, -0.25) is 14.5 Å². The number of ether oxygens (including phenoxy) is 2. The SMILES string of the molecule is COC1=C(C(=O)O)N2C(=O)C(NC(=O)C(=NOCC(=O)OC(C)(C)C)c3csc(N)n3)[C@H]2SC1. The maximum Gasteiger partial charge on any atom is 0.356 e. The van der Waals surface area contributed by atoms with Crippen LogP contribution in [0.15, 0.2) is 22.0 Å². The molecule has 2 aliphatic heterocycles. The van der Waals surface area contributed by atoms with Crippen LogP contribution < -0.4 is 11.1 Å². The van der Waals surface area contributed by atoms with Gasteiger partial charge < -0.3 is 30.5 Å². The molecule has 1 saturated heterocycles. The maximum absolute atomic E-state index is 13.0. The number of nitrogens with zero attached hydrogens (tertiary/aromatic N) is 3. The first-order chi connectivity index (χ1) is 15.9. The third-order valence-corrected chi connectivity index (χ3v) is 6.33. The molecule has 2 aliphatic rings. The van der Waals surface area contributed by atoms with Gasteiger partial charge in [0.1, 0.15) is 28.5 Å². The number of nitrogen functional groups attached to an aromatic ring is 1. The number of β-lactam (4-membered cyclic amide) rings is 1. The molecule has 13 nitrogen and oxygen atoms in total. The molecule has 184 valence electrons. The second kappa shape index (κ2) is 9.89. The highest BCUT2D eigenvalue weighted by Crippen LogP contribution is 2.40. The van der Waals surface area contributed by atoms with Gasteiger partial charge in [-0.1, -0.05) is 5.16 Å².